The van der Waals surface area contributed by atoms with Crippen molar-refractivity contribution in [2.45, 2.75) is 33.6 Å². The van der Waals surface area contributed by atoms with Crippen molar-refractivity contribution >= 4 is 11.0 Å². The molecule has 92 valence electrons. The van der Waals surface area contributed by atoms with Crippen LogP contribution in [-0.2, 0) is 5.92 Å². The lowest BCUT2D eigenvalue weighted by Crippen LogP contribution is -2.30. The lowest BCUT2D eigenvalue weighted by atomic mass is 9.83. The Morgan fingerprint density at radius 2 is 1.76 bits per heavy atom. The molecule has 1 nitrogen and oxygen atoms in total. The number of fused-ring (bicyclic) bond motifs is 1. The molecule has 0 amide bonds. The number of hydrogen-bond donors (Lipinski definition) is 0. The monoisotopic (exact) mass is 238 g/mol. The molecule has 2 rings (SSSR count). The normalized spacial score (nSPS) is 13.3. The third kappa shape index (κ3) is 1.84. The van der Waals surface area contributed by atoms with E-state index in [0.29, 0.717) is 11.0 Å². The fourth-order valence-corrected chi connectivity index (χ4v) is 1.78. The van der Waals surface area contributed by atoms with Gasteiger partial charge in [0.15, 0.2) is 0 Å². The lowest BCUT2D eigenvalue weighted by Gasteiger charge is -2.29. The molecule has 0 aliphatic rings. The van der Waals surface area contributed by atoms with Crippen LogP contribution in [0.5, 0.6) is 0 Å². The minimum absolute atomic E-state index is 0.0278. The fourth-order valence-electron chi connectivity index (χ4n) is 1.78. The first-order valence-corrected chi connectivity index (χ1v) is 5.59. The van der Waals surface area contributed by atoms with Crippen LogP contribution in [0.15, 0.2) is 28.9 Å². The molecule has 1 aromatic carbocycles. The number of aryl methyl sites for hydroxylation is 1. The summed E-state index contributed by atoms with van der Waals surface area (Å²) in [7, 11) is 0. The molecule has 0 bridgehead atoms. The molecule has 17 heavy (non-hydrogen) atoms. The Morgan fingerprint density at radius 1 is 1.12 bits per heavy atom. The van der Waals surface area contributed by atoms with E-state index in [2.05, 4.69) is 0 Å². The summed E-state index contributed by atoms with van der Waals surface area (Å²) in [5, 5.41) is 0.496. The topological polar surface area (TPSA) is 13.1 Å². The summed E-state index contributed by atoms with van der Waals surface area (Å²) in [6.07, 6.45) is 1.18. The highest BCUT2D eigenvalue weighted by molar-refractivity contribution is 5.82. The summed E-state index contributed by atoms with van der Waals surface area (Å²) in [6, 6.07) is 5.29. The summed E-state index contributed by atoms with van der Waals surface area (Å²) in [5.41, 5.74) is 0.357. The van der Waals surface area contributed by atoms with Crippen LogP contribution in [-0.4, -0.2) is 0 Å². The molecular formula is C14H16F2O. The molecule has 0 saturated carbocycles. The average molecular weight is 238 g/mol. The van der Waals surface area contributed by atoms with Gasteiger partial charge in [0.2, 0.25) is 0 Å². The van der Waals surface area contributed by atoms with Crippen molar-refractivity contribution in [1.82, 2.24) is 0 Å². The van der Waals surface area contributed by atoms with E-state index < -0.39 is 11.3 Å². The van der Waals surface area contributed by atoms with Gasteiger partial charge in [0.1, 0.15) is 11.8 Å². The second-order valence-electron chi connectivity index (χ2n) is 5.47. The fraction of sp³-hybridized carbons (Fsp3) is 0.429. The number of rotatable bonds is 1. The summed E-state index contributed by atoms with van der Waals surface area (Å²) in [4.78, 5) is 0. The summed E-state index contributed by atoms with van der Waals surface area (Å²) >= 11 is 0. The van der Waals surface area contributed by atoms with E-state index in [1.165, 1.54) is 27.0 Å². The van der Waals surface area contributed by atoms with Gasteiger partial charge in [-0.05, 0) is 18.6 Å². The zero-order valence-corrected chi connectivity index (χ0v) is 10.5. The van der Waals surface area contributed by atoms with Gasteiger partial charge >= 0.3 is 0 Å². The first-order valence-electron chi connectivity index (χ1n) is 5.59. The largest absolute Gasteiger partial charge is 0.464 e. The molecule has 0 spiro atoms. The van der Waals surface area contributed by atoms with E-state index in [-0.39, 0.29) is 5.56 Å². The molecule has 0 aliphatic carbocycles. The maximum absolute atomic E-state index is 14.3. The van der Waals surface area contributed by atoms with Crippen molar-refractivity contribution < 1.29 is 13.2 Å². The third-order valence-corrected chi connectivity index (χ3v) is 3.01. The Kier molecular flexibility index (Phi) is 2.53. The lowest BCUT2D eigenvalue weighted by molar-refractivity contribution is -0.103. The molecular weight excluding hydrogens is 222 g/mol. The maximum Gasteiger partial charge on any atom is 0.281 e. The highest BCUT2D eigenvalue weighted by atomic mass is 19.3. The van der Waals surface area contributed by atoms with Gasteiger partial charge in [-0.3, -0.25) is 0 Å². The number of benzene rings is 1. The van der Waals surface area contributed by atoms with E-state index >= 15 is 0 Å². The Morgan fingerprint density at radius 3 is 2.35 bits per heavy atom. The Hall–Kier alpha value is -1.38. The van der Waals surface area contributed by atoms with E-state index in [1.54, 1.807) is 12.1 Å². The number of halogens is 2. The van der Waals surface area contributed by atoms with Crippen LogP contribution in [0.3, 0.4) is 0 Å². The first-order chi connectivity index (χ1) is 7.73. The Bertz CT molecular complexity index is 547. The Balaban J connectivity index is 2.65. The zero-order chi connectivity index (χ0) is 12.8. The molecule has 0 aliphatic heterocycles. The second-order valence-corrected chi connectivity index (χ2v) is 5.47. The van der Waals surface area contributed by atoms with Crippen LogP contribution in [0.25, 0.3) is 11.0 Å². The number of furan rings is 1. The molecule has 0 fully saturated rings. The predicted octanol–water partition coefficient (Wildman–Crippen LogP) is 4.88. The van der Waals surface area contributed by atoms with Crippen LogP contribution in [0.4, 0.5) is 8.78 Å². The summed E-state index contributed by atoms with van der Waals surface area (Å²) < 4.78 is 33.8. The van der Waals surface area contributed by atoms with Gasteiger partial charge in [-0.15, -0.1) is 0 Å². The summed E-state index contributed by atoms with van der Waals surface area (Å²) in [5.74, 6) is -2.91. The van der Waals surface area contributed by atoms with Gasteiger partial charge in [0.25, 0.3) is 5.92 Å². The van der Waals surface area contributed by atoms with Gasteiger partial charge in [-0.1, -0.05) is 32.9 Å². The molecule has 3 heteroatoms. The number of alkyl halides is 2. The van der Waals surface area contributed by atoms with Crippen molar-refractivity contribution in [3.63, 3.8) is 0 Å². The van der Waals surface area contributed by atoms with Gasteiger partial charge in [0.05, 0.1) is 5.56 Å². The highest BCUT2D eigenvalue weighted by Gasteiger charge is 2.46. The van der Waals surface area contributed by atoms with Crippen molar-refractivity contribution in [3.8, 4) is 0 Å². The van der Waals surface area contributed by atoms with Gasteiger partial charge in [-0.25, -0.2) is 8.78 Å². The number of hydrogen-bond acceptors (Lipinski definition) is 1. The zero-order valence-electron chi connectivity index (χ0n) is 10.5. The van der Waals surface area contributed by atoms with Crippen molar-refractivity contribution in [1.29, 1.82) is 0 Å². The van der Waals surface area contributed by atoms with Crippen molar-refractivity contribution in [2.75, 3.05) is 0 Å². The van der Waals surface area contributed by atoms with E-state index in [1.807, 2.05) is 13.0 Å². The van der Waals surface area contributed by atoms with Crippen LogP contribution < -0.4 is 0 Å². The smallest absolute Gasteiger partial charge is 0.281 e. The SMILES string of the molecule is Cc1ccc2c(C(F)(F)C(C)(C)C)coc2c1. The molecule has 0 radical (unpaired) electrons. The molecule has 1 heterocycles. The molecule has 0 N–H and O–H groups in total. The second kappa shape index (κ2) is 3.56. The van der Waals surface area contributed by atoms with Crippen LogP contribution in [0.2, 0.25) is 0 Å². The van der Waals surface area contributed by atoms with Gasteiger partial charge in [-0.2, -0.15) is 0 Å². The van der Waals surface area contributed by atoms with Crippen LogP contribution in [0, 0.1) is 12.3 Å². The molecule has 0 unspecified atom stereocenters. The van der Waals surface area contributed by atoms with Crippen LogP contribution in [0.1, 0.15) is 31.9 Å². The minimum Gasteiger partial charge on any atom is -0.464 e. The third-order valence-electron chi connectivity index (χ3n) is 3.01. The van der Waals surface area contributed by atoms with Gasteiger partial charge < -0.3 is 4.42 Å². The predicted molar refractivity (Wildman–Crippen MR) is 64.3 cm³/mol. The van der Waals surface area contributed by atoms with Crippen molar-refractivity contribution in [3.05, 3.63) is 35.6 Å². The van der Waals surface area contributed by atoms with Gasteiger partial charge in [0, 0.05) is 10.8 Å². The van der Waals surface area contributed by atoms with E-state index in [9.17, 15) is 8.78 Å². The van der Waals surface area contributed by atoms with E-state index in [0.717, 1.165) is 5.56 Å². The maximum atomic E-state index is 14.3. The summed E-state index contributed by atoms with van der Waals surface area (Å²) in [6.45, 7) is 6.49. The molecule has 2 aromatic rings. The van der Waals surface area contributed by atoms with Crippen molar-refractivity contribution in [2.24, 2.45) is 5.41 Å². The molecule has 1 aromatic heterocycles. The quantitative estimate of drug-likeness (QED) is 0.690. The average Bonchev–Trinajstić information content (AvgIpc) is 2.58. The molecule has 0 atom stereocenters. The van der Waals surface area contributed by atoms with E-state index in [4.69, 9.17) is 4.42 Å². The highest BCUT2D eigenvalue weighted by Crippen LogP contribution is 2.47. The van der Waals surface area contributed by atoms with Crippen LogP contribution >= 0.6 is 0 Å². The standard InChI is InChI=1S/C14H16F2O/c1-9-5-6-10-11(8-17-12(10)7-9)14(15,16)13(2,3)4/h5-8H,1-4H3. The first kappa shape index (κ1) is 12.1. The Labute approximate surface area is 99.4 Å². The molecule has 0 saturated heterocycles. The minimum atomic E-state index is -2.91.